The van der Waals surface area contributed by atoms with Crippen LogP contribution in [0.4, 0.5) is 4.39 Å². The molecule has 0 bridgehead atoms. The van der Waals surface area contributed by atoms with Gasteiger partial charge in [0, 0.05) is 5.56 Å². The normalized spacial score (nSPS) is 12.9. The second kappa shape index (κ2) is 9.58. The van der Waals surface area contributed by atoms with Gasteiger partial charge in [-0.05, 0) is 47.0 Å². The third-order valence-electron chi connectivity index (χ3n) is 5.41. The number of primary amides is 1. The lowest BCUT2D eigenvalue weighted by Crippen LogP contribution is -2.39. The van der Waals surface area contributed by atoms with E-state index in [1.54, 1.807) is 0 Å². The molecule has 1 heterocycles. The van der Waals surface area contributed by atoms with E-state index in [9.17, 15) is 19.1 Å². The summed E-state index contributed by atoms with van der Waals surface area (Å²) in [6.45, 7) is 0.0307. The van der Waals surface area contributed by atoms with Crippen LogP contribution in [0, 0.1) is 5.82 Å². The van der Waals surface area contributed by atoms with Gasteiger partial charge in [-0.15, -0.1) is 5.10 Å². The van der Waals surface area contributed by atoms with Crippen LogP contribution in [0.1, 0.15) is 27.7 Å². The summed E-state index contributed by atoms with van der Waals surface area (Å²) in [5.41, 5.74) is 7.03. The Morgan fingerprint density at radius 3 is 2.52 bits per heavy atom. The van der Waals surface area contributed by atoms with Crippen molar-refractivity contribution in [2.24, 2.45) is 5.73 Å². The summed E-state index contributed by atoms with van der Waals surface area (Å²) in [6, 6.07) is 18.0. The Hall–Kier alpha value is -4.11. The maximum atomic E-state index is 13.1. The van der Waals surface area contributed by atoms with Crippen molar-refractivity contribution in [1.29, 1.82) is 0 Å². The Kier molecular flexibility index (Phi) is 6.41. The molecule has 0 radical (unpaired) electrons. The summed E-state index contributed by atoms with van der Waals surface area (Å²) in [5, 5.41) is 23.3. The molecule has 4 rings (SSSR count). The Morgan fingerprint density at radius 1 is 1.06 bits per heavy atom. The highest BCUT2D eigenvalue weighted by molar-refractivity contribution is 5.94. The fourth-order valence-electron chi connectivity index (χ4n) is 3.67. The lowest BCUT2D eigenvalue weighted by molar-refractivity contribution is -0.128. The number of hydrogen-bond donors (Lipinski definition) is 3. The van der Waals surface area contributed by atoms with E-state index in [2.05, 4.69) is 15.6 Å². The van der Waals surface area contributed by atoms with E-state index in [1.807, 2.05) is 42.5 Å². The van der Waals surface area contributed by atoms with Gasteiger partial charge >= 0.3 is 0 Å². The lowest BCUT2D eigenvalue weighted by atomic mass is 9.98. The predicted molar refractivity (Wildman–Crippen MR) is 119 cm³/mol. The second-order valence-electron chi connectivity index (χ2n) is 7.66. The molecule has 4 N–H and O–H groups in total. The number of hydrogen-bond acceptors (Lipinski definition) is 5. The predicted octanol–water partition coefficient (Wildman–Crippen LogP) is 2.13. The molecule has 0 spiro atoms. The van der Waals surface area contributed by atoms with Crippen molar-refractivity contribution in [3.8, 4) is 0 Å². The van der Waals surface area contributed by atoms with Crippen LogP contribution in [-0.4, -0.2) is 38.0 Å². The molecule has 3 aromatic carbocycles. The molecule has 2 amide bonds. The average molecular weight is 447 g/mol. The molecule has 1 aromatic heterocycles. The highest BCUT2D eigenvalue weighted by atomic mass is 19.1. The summed E-state index contributed by atoms with van der Waals surface area (Å²) in [5.74, 6) is -1.74. The topological polar surface area (TPSA) is 123 Å². The largest absolute Gasteiger partial charge is 0.381 e. The number of fused-ring (bicyclic) bond motifs is 1. The van der Waals surface area contributed by atoms with Crippen LogP contribution in [0.25, 0.3) is 10.8 Å². The highest BCUT2D eigenvalue weighted by Crippen LogP contribution is 2.23. The highest BCUT2D eigenvalue weighted by Gasteiger charge is 2.29. The molecule has 0 aliphatic rings. The number of benzene rings is 3. The SMILES string of the molecule is NC(=O)C(O)C(Cc1ccc2ccccc2c1)n1nncc1CNC(=O)c1ccc(F)cc1. The molecule has 9 heteroatoms. The Labute approximate surface area is 188 Å². The van der Waals surface area contributed by atoms with E-state index in [0.29, 0.717) is 11.3 Å². The first-order chi connectivity index (χ1) is 15.9. The van der Waals surface area contributed by atoms with Crippen LogP contribution >= 0.6 is 0 Å². The number of amides is 2. The molecule has 33 heavy (non-hydrogen) atoms. The minimum Gasteiger partial charge on any atom is -0.381 e. The maximum Gasteiger partial charge on any atom is 0.251 e. The van der Waals surface area contributed by atoms with Gasteiger partial charge in [-0.3, -0.25) is 9.59 Å². The number of carbonyl (C=O) groups excluding carboxylic acids is 2. The number of aliphatic hydroxyl groups excluding tert-OH is 1. The summed E-state index contributed by atoms with van der Waals surface area (Å²) < 4.78 is 14.5. The standard InChI is InChI=1S/C24H22FN5O3/c25-19-9-7-17(8-10-19)24(33)27-13-20-14-28-29-30(20)21(22(31)23(26)32)12-15-5-6-16-3-1-2-4-18(16)11-15/h1-11,14,21-22,31H,12-13H2,(H2,26,32)(H,27,33). The van der Waals surface area contributed by atoms with E-state index in [0.717, 1.165) is 16.3 Å². The number of nitrogens with zero attached hydrogens (tertiary/aromatic N) is 3. The summed E-state index contributed by atoms with van der Waals surface area (Å²) in [7, 11) is 0. The Balaban J connectivity index is 1.56. The number of halogens is 1. The number of carbonyl (C=O) groups is 2. The molecule has 0 fully saturated rings. The van der Waals surface area contributed by atoms with Gasteiger partial charge in [0.2, 0.25) is 5.91 Å². The monoisotopic (exact) mass is 447 g/mol. The zero-order valence-electron chi connectivity index (χ0n) is 17.6. The minimum absolute atomic E-state index is 0.0307. The van der Waals surface area contributed by atoms with E-state index in [4.69, 9.17) is 5.73 Å². The van der Waals surface area contributed by atoms with Crippen molar-refractivity contribution >= 4 is 22.6 Å². The zero-order valence-corrected chi connectivity index (χ0v) is 17.6. The average Bonchev–Trinajstić information content (AvgIpc) is 3.29. The minimum atomic E-state index is -1.52. The number of nitrogens with two attached hydrogens (primary N) is 1. The Morgan fingerprint density at radius 2 is 1.79 bits per heavy atom. The fourth-order valence-corrected chi connectivity index (χ4v) is 3.67. The van der Waals surface area contributed by atoms with Gasteiger partial charge in [-0.25, -0.2) is 9.07 Å². The van der Waals surface area contributed by atoms with Gasteiger partial charge in [-0.1, -0.05) is 47.7 Å². The summed E-state index contributed by atoms with van der Waals surface area (Å²) in [4.78, 5) is 24.2. The van der Waals surface area contributed by atoms with E-state index in [-0.39, 0.29) is 13.0 Å². The van der Waals surface area contributed by atoms with Crippen LogP contribution in [0.2, 0.25) is 0 Å². The molecule has 0 aliphatic carbocycles. The van der Waals surface area contributed by atoms with Gasteiger partial charge in [0.25, 0.3) is 5.91 Å². The molecular formula is C24H22FN5O3. The smallest absolute Gasteiger partial charge is 0.251 e. The first-order valence-corrected chi connectivity index (χ1v) is 10.3. The molecule has 8 nitrogen and oxygen atoms in total. The third kappa shape index (κ3) is 5.04. The lowest BCUT2D eigenvalue weighted by Gasteiger charge is -2.23. The van der Waals surface area contributed by atoms with Crippen LogP contribution in [0.5, 0.6) is 0 Å². The van der Waals surface area contributed by atoms with Gasteiger partial charge in [0.05, 0.1) is 24.5 Å². The van der Waals surface area contributed by atoms with Gasteiger partial charge in [-0.2, -0.15) is 0 Å². The molecule has 4 aromatic rings. The molecule has 0 saturated carbocycles. The van der Waals surface area contributed by atoms with E-state index >= 15 is 0 Å². The Bertz CT molecular complexity index is 1290. The molecular weight excluding hydrogens is 425 g/mol. The number of rotatable bonds is 8. The summed E-state index contributed by atoms with van der Waals surface area (Å²) >= 11 is 0. The zero-order chi connectivity index (χ0) is 23.4. The van der Waals surface area contributed by atoms with Gasteiger partial charge in [0.15, 0.2) is 6.10 Å². The molecule has 0 saturated heterocycles. The van der Waals surface area contributed by atoms with Crippen LogP contribution in [0.3, 0.4) is 0 Å². The summed E-state index contributed by atoms with van der Waals surface area (Å²) in [6.07, 6.45) is 0.174. The number of aliphatic hydroxyl groups is 1. The van der Waals surface area contributed by atoms with Gasteiger partial charge in [0.1, 0.15) is 5.82 Å². The van der Waals surface area contributed by atoms with Crippen molar-refractivity contribution in [1.82, 2.24) is 20.3 Å². The molecule has 2 atom stereocenters. The number of nitrogens with one attached hydrogen (secondary N) is 1. The van der Waals surface area contributed by atoms with E-state index in [1.165, 1.54) is 35.1 Å². The van der Waals surface area contributed by atoms with Crippen molar-refractivity contribution < 1.29 is 19.1 Å². The first kappa shape index (κ1) is 22.1. The van der Waals surface area contributed by atoms with Crippen LogP contribution < -0.4 is 11.1 Å². The molecule has 168 valence electrons. The second-order valence-corrected chi connectivity index (χ2v) is 7.66. The quantitative estimate of drug-likeness (QED) is 0.382. The van der Waals surface area contributed by atoms with E-state index < -0.39 is 29.8 Å². The van der Waals surface area contributed by atoms with Crippen LogP contribution in [-0.2, 0) is 17.8 Å². The third-order valence-corrected chi connectivity index (χ3v) is 5.41. The molecule has 2 unspecified atom stereocenters. The molecule has 0 aliphatic heterocycles. The van der Waals surface area contributed by atoms with Gasteiger partial charge < -0.3 is 16.2 Å². The van der Waals surface area contributed by atoms with Crippen LogP contribution in [0.15, 0.2) is 72.9 Å². The van der Waals surface area contributed by atoms with Crippen molar-refractivity contribution in [3.05, 3.63) is 95.6 Å². The van der Waals surface area contributed by atoms with Crippen molar-refractivity contribution in [2.45, 2.75) is 25.1 Å². The first-order valence-electron chi connectivity index (χ1n) is 10.3. The van der Waals surface area contributed by atoms with Crippen molar-refractivity contribution in [2.75, 3.05) is 0 Å². The fraction of sp³-hybridized carbons (Fsp3) is 0.167. The maximum absolute atomic E-state index is 13.1. The number of aromatic nitrogens is 3. The van der Waals surface area contributed by atoms with Crippen molar-refractivity contribution in [3.63, 3.8) is 0 Å².